The van der Waals surface area contributed by atoms with Gasteiger partial charge in [0, 0.05) is 30.8 Å². The van der Waals surface area contributed by atoms with Gasteiger partial charge in [-0.05, 0) is 32.6 Å². The topological polar surface area (TPSA) is 29.5 Å². The number of esters is 1. The van der Waals surface area contributed by atoms with Crippen molar-refractivity contribution >= 4 is 5.97 Å². The fourth-order valence-electron chi connectivity index (χ4n) is 2.53. The summed E-state index contributed by atoms with van der Waals surface area (Å²) in [4.78, 5) is 14.1. The maximum Gasteiger partial charge on any atom is 0.332 e. The highest BCUT2D eigenvalue weighted by Gasteiger charge is 2.23. The van der Waals surface area contributed by atoms with Crippen LogP contribution in [0, 0.1) is 11.8 Å². The van der Waals surface area contributed by atoms with Crippen molar-refractivity contribution in [3.05, 3.63) is 23.9 Å². The van der Waals surface area contributed by atoms with Crippen molar-refractivity contribution in [3.8, 4) is 0 Å². The second-order valence-electron chi connectivity index (χ2n) is 5.19. The molecule has 0 aromatic carbocycles. The molecule has 19 heavy (non-hydrogen) atoms. The van der Waals surface area contributed by atoms with E-state index >= 15 is 0 Å². The van der Waals surface area contributed by atoms with Crippen molar-refractivity contribution in [2.75, 3.05) is 19.7 Å². The summed E-state index contributed by atoms with van der Waals surface area (Å²) in [5, 5.41) is 0. The van der Waals surface area contributed by atoms with Gasteiger partial charge < -0.3 is 9.64 Å². The van der Waals surface area contributed by atoms with Gasteiger partial charge in [0.15, 0.2) is 0 Å². The van der Waals surface area contributed by atoms with Gasteiger partial charge in [-0.1, -0.05) is 26.0 Å². The lowest BCUT2D eigenvalue weighted by Gasteiger charge is -2.29. The van der Waals surface area contributed by atoms with Crippen molar-refractivity contribution < 1.29 is 9.53 Å². The molecule has 2 atom stereocenters. The van der Waals surface area contributed by atoms with Crippen LogP contribution >= 0.6 is 0 Å². The van der Waals surface area contributed by atoms with Crippen LogP contribution in [0.3, 0.4) is 0 Å². The van der Waals surface area contributed by atoms with E-state index in [-0.39, 0.29) is 5.97 Å². The summed E-state index contributed by atoms with van der Waals surface area (Å²) in [7, 11) is 0. The Morgan fingerprint density at radius 1 is 1.32 bits per heavy atom. The first-order valence-electron chi connectivity index (χ1n) is 7.36. The third-order valence-electron chi connectivity index (χ3n) is 3.77. The molecule has 0 unspecified atom stereocenters. The molecular formula is C16H27NO2. The summed E-state index contributed by atoms with van der Waals surface area (Å²) < 4.78 is 5.06. The quantitative estimate of drug-likeness (QED) is 0.419. The summed E-state index contributed by atoms with van der Waals surface area (Å²) in [6.07, 6.45) is 8.39. The Morgan fingerprint density at radius 3 is 2.47 bits per heavy atom. The van der Waals surface area contributed by atoms with Crippen molar-refractivity contribution in [3.63, 3.8) is 0 Å². The smallest absolute Gasteiger partial charge is 0.332 e. The molecule has 0 bridgehead atoms. The third kappa shape index (κ3) is 4.73. The summed E-state index contributed by atoms with van der Waals surface area (Å²) in [5.74, 6) is 0.536. The third-order valence-corrected chi connectivity index (χ3v) is 3.77. The van der Waals surface area contributed by atoms with E-state index in [0.29, 0.717) is 18.4 Å². The molecule has 0 N–H and O–H groups in total. The van der Waals surface area contributed by atoms with E-state index in [0.717, 1.165) is 18.8 Å². The van der Waals surface area contributed by atoms with E-state index in [1.54, 1.807) is 6.08 Å². The minimum atomic E-state index is -0.219. The van der Waals surface area contributed by atoms with Gasteiger partial charge in [0.25, 0.3) is 0 Å². The average Bonchev–Trinajstić information content (AvgIpc) is 2.89. The molecule has 1 saturated heterocycles. The second kappa shape index (κ2) is 8.03. The first-order valence-corrected chi connectivity index (χ1v) is 7.36. The van der Waals surface area contributed by atoms with E-state index in [9.17, 15) is 4.79 Å². The lowest BCUT2D eigenvalue weighted by molar-refractivity contribution is -0.137. The molecule has 108 valence electrons. The van der Waals surface area contributed by atoms with Gasteiger partial charge in [-0.15, -0.1) is 0 Å². The molecule has 1 fully saturated rings. The van der Waals surface area contributed by atoms with Crippen LogP contribution in [-0.4, -0.2) is 30.6 Å². The zero-order chi connectivity index (χ0) is 14.3. The molecule has 1 aliphatic rings. The van der Waals surface area contributed by atoms with Crippen LogP contribution in [0.4, 0.5) is 0 Å². The number of hydrogen-bond donors (Lipinski definition) is 0. The number of hydrogen-bond acceptors (Lipinski definition) is 3. The van der Waals surface area contributed by atoms with Crippen molar-refractivity contribution in [1.82, 2.24) is 4.90 Å². The van der Waals surface area contributed by atoms with E-state index in [4.69, 9.17) is 4.74 Å². The lowest BCUT2D eigenvalue weighted by atomic mass is 9.91. The van der Waals surface area contributed by atoms with Gasteiger partial charge in [0.1, 0.15) is 0 Å². The van der Waals surface area contributed by atoms with E-state index in [1.807, 2.05) is 13.8 Å². The molecule has 0 spiro atoms. The second-order valence-corrected chi connectivity index (χ2v) is 5.19. The van der Waals surface area contributed by atoms with Crippen LogP contribution in [0.5, 0.6) is 0 Å². The standard InChI is InChI=1S/C16H27NO2/c1-5-9-13(3)14(4)15(12-16(18)19-6-2)17-10-7-8-11-17/h5,9,12-14H,6-8,10-11H2,1-4H3/b9-5+,15-12+/t13-,14-/m1/s1. The number of rotatable bonds is 6. The molecule has 0 amide bonds. The average molecular weight is 265 g/mol. The number of carbonyl (C=O) groups is 1. The lowest BCUT2D eigenvalue weighted by Crippen LogP contribution is -2.27. The van der Waals surface area contributed by atoms with Crippen molar-refractivity contribution in [1.29, 1.82) is 0 Å². The molecule has 0 saturated carbocycles. The maximum atomic E-state index is 11.8. The fraction of sp³-hybridized carbons (Fsp3) is 0.688. The minimum absolute atomic E-state index is 0.219. The first-order chi connectivity index (χ1) is 9.10. The molecule has 1 aliphatic heterocycles. The maximum absolute atomic E-state index is 11.8. The van der Waals surface area contributed by atoms with Crippen LogP contribution < -0.4 is 0 Å². The number of nitrogens with zero attached hydrogens (tertiary/aromatic N) is 1. The highest BCUT2D eigenvalue weighted by Crippen LogP contribution is 2.27. The number of carbonyl (C=O) groups excluding carboxylic acids is 1. The Morgan fingerprint density at radius 2 is 1.95 bits per heavy atom. The Hall–Kier alpha value is -1.25. The molecule has 3 nitrogen and oxygen atoms in total. The molecule has 0 aliphatic carbocycles. The molecule has 0 radical (unpaired) electrons. The van der Waals surface area contributed by atoms with E-state index in [1.165, 1.54) is 12.8 Å². The predicted octanol–water partition coefficient (Wildman–Crippen LogP) is 3.38. The Balaban J connectivity index is 2.87. The van der Waals surface area contributed by atoms with Crippen molar-refractivity contribution in [2.45, 2.75) is 40.5 Å². The van der Waals surface area contributed by atoms with Gasteiger partial charge in [0.2, 0.25) is 0 Å². The highest BCUT2D eigenvalue weighted by atomic mass is 16.5. The van der Waals surface area contributed by atoms with Crippen LogP contribution in [0.15, 0.2) is 23.9 Å². The first kappa shape index (κ1) is 15.8. The molecule has 3 heteroatoms. The Labute approximate surface area is 117 Å². The van der Waals surface area contributed by atoms with Gasteiger partial charge in [-0.2, -0.15) is 0 Å². The Kier molecular flexibility index (Phi) is 6.68. The summed E-state index contributed by atoms with van der Waals surface area (Å²) in [5.41, 5.74) is 1.13. The molecule has 1 rings (SSSR count). The SMILES string of the molecule is C/C=C/[C@@H](C)[C@@H](C)/C(=C\C(=O)OCC)N1CCCC1. The minimum Gasteiger partial charge on any atom is -0.463 e. The molecule has 0 aromatic heterocycles. The normalized spacial score (nSPS) is 19.8. The van der Waals surface area contributed by atoms with Gasteiger partial charge >= 0.3 is 5.97 Å². The molecule has 0 aromatic rings. The van der Waals surface area contributed by atoms with E-state index < -0.39 is 0 Å². The number of ether oxygens (including phenoxy) is 1. The van der Waals surface area contributed by atoms with Crippen LogP contribution in [0.25, 0.3) is 0 Å². The highest BCUT2D eigenvalue weighted by molar-refractivity contribution is 5.82. The fourth-order valence-corrected chi connectivity index (χ4v) is 2.53. The van der Waals surface area contributed by atoms with Gasteiger partial charge in [-0.25, -0.2) is 4.79 Å². The number of allylic oxidation sites excluding steroid dienone is 3. The van der Waals surface area contributed by atoms with Crippen LogP contribution in [0.2, 0.25) is 0 Å². The number of likely N-dealkylation sites (tertiary alicyclic amines) is 1. The van der Waals surface area contributed by atoms with E-state index in [2.05, 4.69) is 30.9 Å². The summed E-state index contributed by atoms with van der Waals surface area (Å²) >= 11 is 0. The largest absolute Gasteiger partial charge is 0.463 e. The zero-order valence-corrected chi connectivity index (χ0v) is 12.7. The van der Waals surface area contributed by atoms with Gasteiger partial charge in [0.05, 0.1) is 6.61 Å². The zero-order valence-electron chi connectivity index (χ0n) is 12.7. The predicted molar refractivity (Wildman–Crippen MR) is 78.7 cm³/mol. The van der Waals surface area contributed by atoms with Gasteiger partial charge in [-0.3, -0.25) is 0 Å². The summed E-state index contributed by atoms with van der Waals surface area (Å²) in [6.45, 7) is 10.8. The summed E-state index contributed by atoms with van der Waals surface area (Å²) in [6, 6.07) is 0. The van der Waals surface area contributed by atoms with Crippen LogP contribution in [0.1, 0.15) is 40.5 Å². The molecular weight excluding hydrogens is 238 g/mol. The Bertz CT molecular complexity index is 341. The monoisotopic (exact) mass is 265 g/mol. The molecule has 1 heterocycles. The van der Waals surface area contributed by atoms with Crippen LogP contribution in [-0.2, 0) is 9.53 Å². The van der Waals surface area contributed by atoms with Crippen molar-refractivity contribution in [2.24, 2.45) is 11.8 Å².